The highest BCUT2D eigenvalue weighted by molar-refractivity contribution is 5.38. The maximum atomic E-state index is 4.45. The van der Waals surface area contributed by atoms with Crippen LogP contribution in [0, 0.1) is 0 Å². The molecule has 4 heterocycles. The summed E-state index contributed by atoms with van der Waals surface area (Å²) < 4.78 is 1.90. The fourth-order valence-electron chi connectivity index (χ4n) is 3.41. The fraction of sp³-hybridized carbons (Fsp3) is 0.562. The molecule has 0 radical (unpaired) electrons. The molecule has 0 saturated carbocycles. The van der Waals surface area contributed by atoms with E-state index in [1.807, 2.05) is 16.9 Å². The number of rotatable bonds is 5. The van der Waals surface area contributed by atoms with E-state index in [2.05, 4.69) is 41.9 Å². The van der Waals surface area contributed by atoms with Crippen LogP contribution in [-0.4, -0.2) is 81.4 Å². The van der Waals surface area contributed by atoms with Gasteiger partial charge in [-0.15, -0.1) is 0 Å². The Morgan fingerprint density at radius 2 is 1.91 bits per heavy atom. The molecule has 2 saturated heterocycles. The lowest BCUT2D eigenvalue weighted by molar-refractivity contribution is 0.0282. The zero-order valence-corrected chi connectivity index (χ0v) is 13.3. The smallest absolute Gasteiger partial charge is 0.137 e. The predicted octanol–water partition coefficient (Wildman–Crippen LogP) is 0.180. The van der Waals surface area contributed by atoms with E-state index in [-0.39, 0.29) is 0 Å². The van der Waals surface area contributed by atoms with Crippen molar-refractivity contribution in [1.29, 1.82) is 0 Å². The highest BCUT2D eigenvalue weighted by Crippen LogP contribution is 2.19. The Hall–Kier alpha value is -1.99. The maximum Gasteiger partial charge on any atom is 0.137 e. The Morgan fingerprint density at radius 1 is 1.04 bits per heavy atom. The van der Waals surface area contributed by atoms with Crippen LogP contribution in [0.1, 0.15) is 0 Å². The van der Waals surface area contributed by atoms with Crippen molar-refractivity contribution in [3.63, 3.8) is 0 Å². The number of hydrogen-bond acceptors (Lipinski definition) is 6. The fourth-order valence-corrected chi connectivity index (χ4v) is 3.41. The molecule has 23 heavy (non-hydrogen) atoms. The monoisotopic (exact) mass is 313 g/mol. The molecule has 0 N–H and O–H groups in total. The molecule has 0 spiro atoms. The van der Waals surface area contributed by atoms with Crippen LogP contribution in [-0.2, 0) is 6.54 Å². The minimum Gasteiger partial charge on any atom is -0.354 e. The number of pyridine rings is 1. The minimum absolute atomic E-state index is 0.719. The van der Waals surface area contributed by atoms with Crippen molar-refractivity contribution in [3.8, 4) is 0 Å². The molecule has 0 atom stereocenters. The van der Waals surface area contributed by atoms with Gasteiger partial charge in [-0.2, -0.15) is 5.10 Å². The first-order valence-electron chi connectivity index (χ1n) is 8.33. The quantitative estimate of drug-likeness (QED) is 0.785. The van der Waals surface area contributed by atoms with Crippen LogP contribution >= 0.6 is 0 Å². The second-order valence-corrected chi connectivity index (χ2v) is 6.28. The number of anilines is 1. The lowest BCUT2D eigenvalue weighted by Crippen LogP contribution is -2.63. The second-order valence-electron chi connectivity index (χ2n) is 6.28. The molecule has 0 bridgehead atoms. The summed E-state index contributed by atoms with van der Waals surface area (Å²) in [5.74, 6) is 1.11. The number of hydrogen-bond donors (Lipinski definition) is 0. The van der Waals surface area contributed by atoms with Crippen LogP contribution < -0.4 is 4.90 Å². The van der Waals surface area contributed by atoms with Crippen molar-refractivity contribution < 1.29 is 0 Å². The third-order valence-corrected chi connectivity index (χ3v) is 4.85. The van der Waals surface area contributed by atoms with Crippen LogP contribution in [0.5, 0.6) is 0 Å². The first-order valence-corrected chi connectivity index (χ1v) is 8.33. The van der Waals surface area contributed by atoms with Gasteiger partial charge in [0.25, 0.3) is 0 Å². The van der Waals surface area contributed by atoms with E-state index < -0.39 is 0 Å². The average Bonchev–Trinajstić information content (AvgIpc) is 3.08. The summed E-state index contributed by atoms with van der Waals surface area (Å²) in [4.78, 5) is 15.9. The third-order valence-electron chi connectivity index (χ3n) is 4.85. The molecule has 7 nitrogen and oxygen atoms in total. The van der Waals surface area contributed by atoms with Gasteiger partial charge in [0.1, 0.15) is 18.5 Å². The van der Waals surface area contributed by atoms with E-state index in [1.165, 1.54) is 13.1 Å². The van der Waals surface area contributed by atoms with Crippen LogP contribution in [0.25, 0.3) is 0 Å². The maximum absolute atomic E-state index is 4.45. The lowest BCUT2D eigenvalue weighted by Gasteiger charge is -2.48. The van der Waals surface area contributed by atoms with Crippen molar-refractivity contribution in [2.24, 2.45) is 0 Å². The van der Waals surface area contributed by atoms with Gasteiger partial charge in [-0.3, -0.25) is 14.5 Å². The molecule has 122 valence electrons. The molecular weight excluding hydrogens is 290 g/mol. The van der Waals surface area contributed by atoms with Crippen LogP contribution in [0.3, 0.4) is 0 Å². The highest BCUT2D eigenvalue weighted by Gasteiger charge is 2.33. The van der Waals surface area contributed by atoms with E-state index in [4.69, 9.17) is 0 Å². The average molecular weight is 313 g/mol. The molecule has 4 rings (SSSR count). The van der Waals surface area contributed by atoms with E-state index in [9.17, 15) is 0 Å². The van der Waals surface area contributed by atoms with Gasteiger partial charge in [-0.05, 0) is 12.1 Å². The highest BCUT2D eigenvalue weighted by atomic mass is 15.4. The van der Waals surface area contributed by atoms with E-state index in [0.29, 0.717) is 0 Å². The van der Waals surface area contributed by atoms with Crippen LogP contribution in [0.15, 0.2) is 37.1 Å². The van der Waals surface area contributed by atoms with Gasteiger partial charge in [0.2, 0.25) is 0 Å². The second kappa shape index (κ2) is 6.64. The summed E-state index contributed by atoms with van der Waals surface area (Å²) in [6.07, 6.45) is 5.26. The predicted molar refractivity (Wildman–Crippen MR) is 88.3 cm³/mol. The molecule has 2 aliphatic rings. The van der Waals surface area contributed by atoms with E-state index >= 15 is 0 Å². The van der Waals surface area contributed by atoms with E-state index in [1.54, 1.807) is 12.7 Å². The summed E-state index contributed by atoms with van der Waals surface area (Å²) >= 11 is 0. The molecule has 2 aromatic heterocycles. The van der Waals surface area contributed by atoms with Crippen molar-refractivity contribution >= 4 is 5.82 Å². The van der Waals surface area contributed by atoms with Crippen molar-refractivity contribution in [3.05, 3.63) is 37.1 Å². The number of nitrogens with zero attached hydrogens (tertiary/aromatic N) is 7. The number of piperazine rings is 1. The molecule has 2 aromatic rings. The lowest BCUT2D eigenvalue weighted by atomic mass is 10.1. The number of aromatic nitrogens is 4. The van der Waals surface area contributed by atoms with Crippen molar-refractivity contribution in [1.82, 2.24) is 29.5 Å². The van der Waals surface area contributed by atoms with Gasteiger partial charge >= 0.3 is 0 Å². The first-order chi connectivity index (χ1) is 11.4. The minimum atomic E-state index is 0.719. The topological polar surface area (TPSA) is 53.3 Å². The Labute approximate surface area is 136 Å². The van der Waals surface area contributed by atoms with Gasteiger partial charge in [0.15, 0.2) is 0 Å². The Bertz CT molecular complexity index is 586. The largest absolute Gasteiger partial charge is 0.354 e. The van der Waals surface area contributed by atoms with Crippen LogP contribution in [0.2, 0.25) is 0 Å². The van der Waals surface area contributed by atoms with Gasteiger partial charge in [-0.25, -0.2) is 9.97 Å². The van der Waals surface area contributed by atoms with Gasteiger partial charge in [-0.1, -0.05) is 6.07 Å². The van der Waals surface area contributed by atoms with Gasteiger partial charge in [0.05, 0.1) is 6.54 Å². The van der Waals surface area contributed by atoms with Gasteiger partial charge < -0.3 is 4.90 Å². The van der Waals surface area contributed by atoms with Gasteiger partial charge in [0, 0.05) is 58.1 Å². The third kappa shape index (κ3) is 3.35. The zero-order chi connectivity index (χ0) is 15.5. The molecule has 0 amide bonds. The van der Waals surface area contributed by atoms with E-state index in [0.717, 1.165) is 51.1 Å². The SMILES string of the molecule is c1ccc(N2CCN(C3CN(CCn4cncn4)C3)CC2)nc1. The molecular formula is C16H23N7. The summed E-state index contributed by atoms with van der Waals surface area (Å²) in [6, 6.07) is 6.86. The Morgan fingerprint density at radius 3 is 2.61 bits per heavy atom. The number of likely N-dealkylation sites (tertiary alicyclic amines) is 1. The summed E-state index contributed by atoms with van der Waals surface area (Å²) in [5.41, 5.74) is 0. The molecule has 0 aromatic carbocycles. The molecule has 2 aliphatic heterocycles. The zero-order valence-electron chi connectivity index (χ0n) is 13.3. The molecule has 2 fully saturated rings. The normalized spacial score (nSPS) is 20.6. The van der Waals surface area contributed by atoms with Crippen LogP contribution in [0.4, 0.5) is 5.82 Å². The molecule has 0 unspecified atom stereocenters. The molecule has 0 aliphatic carbocycles. The summed E-state index contributed by atoms with van der Waals surface area (Å²) in [5, 5.41) is 4.15. The molecule has 7 heteroatoms. The van der Waals surface area contributed by atoms with Crippen molar-refractivity contribution in [2.75, 3.05) is 50.7 Å². The van der Waals surface area contributed by atoms with Crippen molar-refractivity contribution in [2.45, 2.75) is 12.6 Å². The standard InChI is InChI=1S/C16H23N7/c1-2-4-18-16(3-1)22-8-6-21(7-9-22)15-11-20(12-15)5-10-23-14-17-13-19-23/h1-4,13-15H,5-12H2. The first kappa shape index (κ1) is 14.6. The summed E-state index contributed by atoms with van der Waals surface area (Å²) in [7, 11) is 0. The Balaban J connectivity index is 1.19. The Kier molecular flexibility index (Phi) is 4.21. The summed E-state index contributed by atoms with van der Waals surface area (Å²) in [6.45, 7) is 8.78.